The maximum atomic E-state index is 10.9. The summed E-state index contributed by atoms with van der Waals surface area (Å²) in [5.74, 6) is 0.0350. The lowest BCUT2D eigenvalue weighted by Crippen LogP contribution is -2.44. The summed E-state index contributed by atoms with van der Waals surface area (Å²) >= 11 is 0. The molecule has 2 heteroatoms. The van der Waals surface area contributed by atoms with Gasteiger partial charge in [-0.25, -0.2) is 0 Å². The van der Waals surface area contributed by atoms with Crippen molar-refractivity contribution in [3.05, 3.63) is 12.7 Å². The molecule has 1 unspecified atom stereocenters. The quantitative estimate of drug-likeness (QED) is 0.628. The summed E-state index contributed by atoms with van der Waals surface area (Å²) in [6.45, 7) is 9.41. The van der Waals surface area contributed by atoms with E-state index in [-0.39, 0.29) is 11.4 Å². The average molecular weight is 169 g/mol. The van der Waals surface area contributed by atoms with Gasteiger partial charge in [-0.1, -0.05) is 19.4 Å². The minimum Gasteiger partial charge on any atom is -0.351 e. The molecule has 0 radical (unpaired) electrons. The largest absolute Gasteiger partial charge is 0.351 e. The zero-order valence-corrected chi connectivity index (χ0v) is 8.31. The molecule has 0 aliphatic rings. The molecule has 0 rings (SSSR count). The number of hydrogen-bond donors (Lipinski definition) is 1. The Morgan fingerprint density at radius 3 is 2.58 bits per heavy atom. The van der Waals surface area contributed by atoms with Gasteiger partial charge < -0.3 is 5.32 Å². The van der Waals surface area contributed by atoms with Crippen LogP contribution in [0, 0.1) is 0 Å². The fourth-order valence-electron chi connectivity index (χ4n) is 1.51. The van der Waals surface area contributed by atoms with Crippen LogP contribution in [-0.2, 0) is 4.79 Å². The Morgan fingerprint density at radius 1 is 1.67 bits per heavy atom. The van der Waals surface area contributed by atoms with Crippen LogP contribution in [0.5, 0.6) is 0 Å². The predicted molar refractivity (Wildman–Crippen MR) is 51.9 cm³/mol. The first-order valence-electron chi connectivity index (χ1n) is 4.43. The van der Waals surface area contributed by atoms with Crippen LogP contribution >= 0.6 is 0 Å². The highest BCUT2D eigenvalue weighted by atomic mass is 16.1. The number of hydrogen-bond acceptors (Lipinski definition) is 1. The first-order valence-corrected chi connectivity index (χ1v) is 4.43. The number of carbonyl (C=O) groups is 1. The van der Waals surface area contributed by atoms with Gasteiger partial charge in [-0.3, -0.25) is 4.79 Å². The summed E-state index contributed by atoms with van der Waals surface area (Å²) in [5.41, 5.74) is -0.0949. The van der Waals surface area contributed by atoms with Crippen LogP contribution in [0.2, 0.25) is 0 Å². The van der Waals surface area contributed by atoms with Crippen molar-refractivity contribution >= 4 is 5.91 Å². The molecule has 0 fully saturated rings. The molecular formula is C10H19NO. The minimum absolute atomic E-state index is 0.0350. The van der Waals surface area contributed by atoms with Gasteiger partial charge >= 0.3 is 0 Å². The Hall–Kier alpha value is -0.790. The van der Waals surface area contributed by atoms with E-state index in [1.807, 2.05) is 6.08 Å². The van der Waals surface area contributed by atoms with Gasteiger partial charge in [0.25, 0.3) is 0 Å². The number of carbonyl (C=O) groups excluding carboxylic acids is 1. The van der Waals surface area contributed by atoms with Gasteiger partial charge in [-0.15, -0.1) is 6.58 Å². The van der Waals surface area contributed by atoms with E-state index in [9.17, 15) is 4.79 Å². The molecule has 0 spiro atoms. The number of nitrogens with one attached hydrogen (secondary N) is 1. The molecule has 70 valence electrons. The summed E-state index contributed by atoms with van der Waals surface area (Å²) in [5, 5.41) is 2.95. The monoisotopic (exact) mass is 169 g/mol. The number of rotatable bonds is 5. The third-order valence-electron chi connectivity index (χ3n) is 1.87. The second-order valence-corrected chi connectivity index (χ2v) is 3.48. The Kier molecular flexibility index (Phi) is 4.64. The lowest BCUT2D eigenvalue weighted by molar-refractivity contribution is -0.120. The van der Waals surface area contributed by atoms with E-state index < -0.39 is 0 Å². The van der Waals surface area contributed by atoms with Crippen molar-refractivity contribution in [2.45, 2.75) is 45.6 Å². The smallest absolute Gasteiger partial charge is 0.217 e. The molecule has 0 heterocycles. The topological polar surface area (TPSA) is 29.1 Å². The summed E-state index contributed by atoms with van der Waals surface area (Å²) in [7, 11) is 0. The molecule has 0 saturated carbocycles. The van der Waals surface area contributed by atoms with Gasteiger partial charge in [-0.05, 0) is 19.8 Å². The van der Waals surface area contributed by atoms with Crippen LogP contribution in [0.3, 0.4) is 0 Å². The molecule has 0 aliphatic heterocycles. The van der Waals surface area contributed by atoms with E-state index in [0.29, 0.717) is 0 Å². The third-order valence-corrected chi connectivity index (χ3v) is 1.87. The van der Waals surface area contributed by atoms with Gasteiger partial charge in [0.05, 0.1) is 0 Å². The van der Waals surface area contributed by atoms with Crippen LogP contribution in [0.4, 0.5) is 0 Å². The SMILES string of the molecule is C=CCC(C)(CCC)NC(C)=O. The molecule has 1 amide bonds. The molecule has 0 bridgehead atoms. The fourth-order valence-corrected chi connectivity index (χ4v) is 1.51. The van der Waals surface area contributed by atoms with Crippen LogP contribution in [0.15, 0.2) is 12.7 Å². The molecule has 12 heavy (non-hydrogen) atoms. The molecule has 0 aromatic rings. The normalized spacial score (nSPS) is 14.9. The standard InChI is InChI=1S/C10H19NO/c1-5-7-10(4,8-6-2)11-9(3)12/h5H,1,6-8H2,2-4H3,(H,11,12). The van der Waals surface area contributed by atoms with Gasteiger partial charge in [-0.2, -0.15) is 0 Å². The zero-order valence-electron chi connectivity index (χ0n) is 8.31. The van der Waals surface area contributed by atoms with Crippen LogP contribution in [0.25, 0.3) is 0 Å². The molecule has 1 N–H and O–H groups in total. The average Bonchev–Trinajstić information content (AvgIpc) is 1.85. The van der Waals surface area contributed by atoms with Gasteiger partial charge in [0.2, 0.25) is 5.91 Å². The molecule has 0 aliphatic carbocycles. The highest BCUT2D eigenvalue weighted by Crippen LogP contribution is 2.16. The van der Waals surface area contributed by atoms with Crippen molar-refractivity contribution in [3.63, 3.8) is 0 Å². The van der Waals surface area contributed by atoms with Gasteiger partial charge in [0, 0.05) is 12.5 Å². The molecule has 0 saturated heterocycles. The lowest BCUT2D eigenvalue weighted by Gasteiger charge is -2.28. The Bertz CT molecular complexity index is 165. The van der Waals surface area contributed by atoms with Crippen molar-refractivity contribution in [1.29, 1.82) is 0 Å². The van der Waals surface area contributed by atoms with Crippen LogP contribution < -0.4 is 5.32 Å². The summed E-state index contributed by atoms with van der Waals surface area (Å²) < 4.78 is 0. The fraction of sp³-hybridized carbons (Fsp3) is 0.700. The van der Waals surface area contributed by atoms with Crippen molar-refractivity contribution in [1.82, 2.24) is 5.32 Å². The van der Waals surface area contributed by atoms with E-state index in [1.54, 1.807) is 6.92 Å². The van der Waals surface area contributed by atoms with Crippen LogP contribution in [0.1, 0.15) is 40.0 Å². The zero-order chi connectivity index (χ0) is 9.61. The molecular weight excluding hydrogens is 150 g/mol. The maximum absolute atomic E-state index is 10.9. The molecule has 2 nitrogen and oxygen atoms in total. The summed E-state index contributed by atoms with van der Waals surface area (Å²) in [6.07, 6.45) is 4.76. The second-order valence-electron chi connectivity index (χ2n) is 3.48. The molecule has 1 atom stereocenters. The summed E-state index contributed by atoms with van der Waals surface area (Å²) in [6, 6.07) is 0. The second kappa shape index (κ2) is 4.96. The molecule has 0 aromatic carbocycles. The van der Waals surface area contributed by atoms with E-state index in [2.05, 4.69) is 25.7 Å². The first kappa shape index (κ1) is 11.2. The summed E-state index contributed by atoms with van der Waals surface area (Å²) in [4.78, 5) is 10.9. The lowest BCUT2D eigenvalue weighted by atomic mass is 9.92. The predicted octanol–water partition coefficient (Wildman–Crippen LogP) is 2.26. The third kappa shape index (κ3) is 4.16. The van der Waals surface area contributed by atoms with E-state index >= 15 is 0 Å². The van der Waals surface area contributed by atoms with Gasteiger partial charge in [0.1, 0.15) is 0 Å². The Labute approximate surface area is 75.0 Å². The van der Waals surface area contributed by atoms with Crippen molar-refractivity contribution in [3.8, 4) is 0 Å². The van der Waals surface area contributed by atoms with Crippen molar-refractivity contribution in [2.24, 2.45) is 0 Å². The highest BCUT2D eigenvalue weighted by molar-refractivity contribution is 5.73. The van der Waals surface area contributed by atoms with Crippen LogP contribution in [-0.4, -0.2) is 11.4 Å². The minimum atomic E-state index is -0.0949. The molecule has 0 aromatic heterocycles. The van der Waals surface area contributed by atoms with Gasteiger partial charge in [0.15, 0.2) is 0 Å². The van der Waals surface area contributed by atoms with E-state index in [4.69, 9.17) is 0 Å². The Morgan fingerprint density at radius 2 is 2.25 bits per heavy atom. The van der Waals surface area contributed by atoms with E-state index in [0.717, 1.165) is 19.3 Å². The Balaban J connectivity index is 4.15. The first-order chi connectivity index (χ1) is 5.54. The maximum Gasteiger partial charge on any atom is 0.217 e. The highest BCUT2D eigenvalue weighted by Gasteiger charge is 2.21. The van der Waals surface area contributed by atoms with Crippen molar-refractivity contribution < 1.29 is 4.79 Å². The van der Waals surface area contributed by atoms with Crippen molar-refractivity contribution in [2.75, 3.05) is 0 Å². The van der Waals surface area contributed by atoms with E-state index in [1.165, 1.54) is 0 Å². The number of amides is 1.